The van der Waals surface area contributed by atoms with Crippen LogP contribution in [0.25, 0.3) is 0 Å². The number of para-hydroxylation sites is 1. The summed E-state index contributed by atoms with van der Waals surface area (Å²) in [6.45, 7) is 3.92. The highest BCUT2D eigenvalue weighted by atomic mass is 35.5. The van der Waals surface area contributed by atoms with Crippen LogP contribution in [0.2, 0.25) is 0 Å². The third-order valence-corrected chi connectivity index (χ3v) is 5.64. The summed E-state index contributed by atoms with van der Waals surface area (Å²) in [5.41, 5.74) is 4.04. The number of nitrogens with one attached hydrogen (secondary N) is 2. The van der Waals surface area contributed by atoms with Gasteiger partial charge in [0.15, 0.2) is 0 Å². The van der Waals surface area contributed by atoms with E-state index in [1.54, 1.807) is 54.6 Å². The Morgan fingerprint density at radius 1 is 0.875 bits per heavy atom. The van der Waals surface area contributed by atoms with Crippen LogP contribution in [0.3, 0.4) is 0 Å². The van der Waals surface area contributed by atoms with Crippen molar-refractivity contribution < 1.29 is 14.4 Å². The van der Waals surface area contributed by atoms with E-state index < -0.39 is 11.8 Å². The smallest absolute Gasteiger partial charge is 0.283 e. The van der Waals surface area contributed by atoms with Gasteiger partial charge < -0.3 is 10.6 Å². The van der Waals surface area contributed by atoms with Crippen LogP contribution in [0, 0.1) is 13.8 Å². The fraction of sp³-hybridized carbons (Fsp3) is 0.0800. The van der Waals surface area contributed by atoms with Crippen molar-refractivity contribution in [1.82, 2.24) is 0 Å². The van der Waals surface area contributed by atoms with E-state index in [1.807, 2.05) is 32.0 Å². The van der Waals surface area contributed by atoms with E-state index in [0.717, 1.165) is 21.7 Å². The Bertz CT molecular complexity index is 1270. The van der Waals surface area contributed by atoms with Crippen molar-refractivity contribution in [2.75, 3.05) is 15.5 Å². The second-order valence-electron chi connectivity index (χ2n) is 7.38. The van der Waals surface area contributed by atoms with E-state index in [-0.39, 0.29) is 16.6 Å². The number of carbonyl (C=O) groups is 3. The molecule has 0 saturated heterocycles. The Morgan fingerprint density at radius 3 is 2.34 bits per heavy atom. The molecule has 7 heteroatoms. The van der Waals surface area contributed by atoms with Gasteiger partial charge in [0.2, 0.25) is 0 Å². The largest absolute Gasteiger partial charge is 0.350 e. The maximum Gasteiger partial charge on any atom is 0.283 e. The van der Waals surface area contributed by atoms with Crippen LogP contribution in [0.5, 0.6) is 0 Å². The first-order valence-corrected chi connectivity index (χ1v) is 10.3. The van der Waals surface area contributed by atoms with Crippen molar-refractivity contribution in [3.8, 4) is 0 Å². The van der Waals surface area contributed by atoms with Crippen molar-refractivity contribution in [2.45, 2.75) is 13.8 Å². The Labute approximate surface area is 190 Å². The minimum atomic E-state index is -0.603. The first-order valence-electron chi connectivity index (χ1n) is 9.95. The molecule has 0 aromatic heterocycles. The Morgan fingerprint density at radius 2 is 1.59 bits per heavy atom. The minimum absolute atomic E-state index is 0.0346. The van der Waals surface area contributed by atoms with Crippen molar-refractivity contribution in [2.24, 2.45) is 0 Å². The average Bonchev–Trinajstić information content (AvgIpc) is 3.00. The third-order valence-electron chi connectivity index (χ3n) is 5.29. The molecule has 0 radical (unpaired) electrons. The van der Waals surface area contributed by atoms with Crippen LogP contribution >= 0.6 is 11.6 Å². The number of rotatable bonds is 5. The molecular formula is C25H20ClN3O3. The van der Waals surface area contributed by atoms with Gasteiger partial charge in [0.1, 0.15) is 10.7 Å². The predicted octanol–water partition coefficient (Wildman–Crippen LogP) is 4.99. The first-order chi connectivity index (χ1) is 15.4. The molecule has 1 aliphatic rings. The van der Waals surface area contributed by atoms with E-state index in [4.69, 9.17) is 11.6 Å². The molecule has 4 rings (SSSR count). The maximum absolute atomic E-state index is 12.9. The van der Waals surface area contributed by atoms with Crippen LogP contribution in [0.4, 0.5) is 17.1 Å². The van der Waals surface area contributed by atoms with Gasteiger partial charge in [-0.15, -0.1) is 0 Å². The Kier molecular flexibility index (Phi) is 5.79. The quantitative estimate of drug-likeness (QED) is 0.542. The first kappa shape index (κ1) is 21.3. The van der Waals surface area contributed by atoms with Gasteiger partial charge in [0.05, 0.1) is 5.69 Å². The fourth-order valence-electron chi connectivity index (χ4n) is 3.39. The molecule has 2 N–H and O–H groups in total. The predicted molar refractivity (Wildman–Crippen MR) is 126 cm³/mol. The lowest BCUT2D eigenvalue weighted by atomic mass is 10.1. The highest BCUT2D eigenvalue weighted by molar-refractivity contribution is 6.53. The molecule has 1 heterocycles. The van der Waals surface area contributed by atoms with Gasteiger partial charge in [-0.05, 0) is 61.4 Å². The number of benzene rings is 3. The lowest BCUT2D eigenvalue weighted by Crippen LogP contribution is -2.32. The summed E-state index contributed by atoms with van der Waals surface area (Å²) in [5.74, 6) is -1.45. The third kappa shape index (κ3) is 4.00. The molecule has 0 unspecified atom stereocenters. The molecule has 0 spiro atoms. The number of hydrogen-bond acceptors (Lipinski definition) is 4. The van der Waals surface area contributed by atoms with Crippen LogP contribution in [0.15, 0.2) is 83.5 Å². The zero-order valence-electron chi connectivity index (χ0n) is 17.5. The van der Waals surface area contributed by atoms with E-state index in [1.165, 1.54) is 0 Å². The maximum atomic E-state index is 12.9. The summed E-state index contributed by atoms with van der Waals surface area (Å²) in [4.78, 5) is 39.2. The lowest BCUT2D eigenvalue weighted by molar-refractivity contribution is -0.120. The second kappa shape index (κ2) is 8.69. The van der Waals surface area contributed by atoms with E-state index >= 15 is 0 Å². The summed E-state index contributed by atoms with van der Waals surface area (Å²) >= 11 is 6.19. The minimum Gasteiger partial charge on any atom is -0.350 e. The number of carbonyl (C=O) groups excluding carboxylic acids is 3. The van der Waals surface area contributed by atoms with Crippen molar-refractivity contribution in [3.05, 3.63) is 100 Å². The molecule has 3 amide bonds. The number of hydrogen-bond donors (Lipinski definition) is 2. The highest BCUT2D eigenvalue weighted by Gasteiger charge is 2.38. The molecule has 0 aliphatic carbocycles. The summed E-state index contributed by atoms with van der Waals surface area (Å²) in [6, 6.07) is 20.9. The lowest BCUT2D eigenvalue weighted by Gasteiger charge is -2.15. The topological polar surface area (TPSA) is 78.5 Å². The molecular weight excluding hydrogens is 426 g/mol. The molecule has 32 heavy (non-hydrogen) atoms. The van der Waals surface area contributed by atoms with Gasteiger partial charge in [0, 0.05) is 16.9 Å². The zero-order valence-corrected chi connectivity index (χ0v) is 18.2. The molecule has 0 atom stereocenters. The number of amides is 3. The van der Waals surface area contributed by atoms with Crippen LogP contribution in [0.1, 0.15) is 21.5 Å². The molecule has 3 aromatic rings. The summed E-state index contributed by atoms with van der Waals surface area (Å²) in [7, 11) is 0. The summed E-state index contributed by atoms with van der Waals surface area (Å²) in [6.07, 6.45) is 0. The number of imide groups is 1. The van der Waals surface area contributed by atoms with Gasteiger partial charge in [-0.1, -0.05) is 48.0 Å². The van der Waals surface area contributed by atoms with Gasteiger partial charge >= 0.3 is 0 Å². The number of aryl methyl sites for hydroxylation is 1. The van der Waals surface area contributed by atoms with Crippen LogP contribution < -0.4 is 15.5 Å². The van der Waals surface area contributed by atoms with E-state index in [2.05, 4.69) is 10.6 Å². The number of anilines is 3. The van der Waals surface area contributed by atoms with E-state index in [0.29, 0.717) is 16.9 Å². The monoisotopic (exact) mass is 445 g/mol. The zero-order chi connectivity index (χ0) is 22.8. The van der Waals surface area contributed by atoms with Crippen LogP contribution in [-0.4, -0.2) is 17.7 Å². The van der Waals surface area contributed by atoms with Crippen molar-refractivity contribution in [1.29, 1.82) is 0 Å². The van der Waals surface area contributed by atoms with Crippen LogP contribution in [-0.2, 0) is 9.59 Å². The molecule has 3 aromatic carbocycles. The number of nitrogens with zero attached hydrogens (tertiary/aromatic N) is 1. The van der Waals surface area contributed by atoms with E-state index in [9.17, 15) is 14.4 Å². The normalized spacial score (nSPS) is 13.5. The van der Waals surface area contributed by atoms with Gasteiger partial charge in [-0.3, -0.25) is 14.4 Å². The average molecular weight is 446 g/mol. The van der Waals surface area contributed by atoms with Gasteiger partial charge in [0.25, 0.3) is 17.7 Å². The molecule has 0 saturated carbocycles. The molecule has 1 aliphatic heterocycles. The summed E-state index contributed by atoms with van der Waals surface area (Å²) in [5, 5.41) is 5.61. The second-order valence-corrected chi connectivity index (χ2v) is 7.76. The molecule has 0 fully saturated rings. The number of halogens is 1. The summed E-state index contributed by atoms with van der Waals surface area (Å²) < 4.78 is 0. The van der Waals surface area contributed by atoms with Crippen molar-refractivity contribution >= 4 is 46.4 Å². The molecule has 6 nitrogen and oxygen atoms in total. The Hall–Kier alpha value is -3.90. The molecule has 160 valence electrons. The highest BCUT2D eigenvalue weighted by Crippen LogP contribution is 2.30. The fourth-order valence-corrected chi connectivity index (χ4v) is 3.60. The van der Waals surface area contributed by atoms with Gasteiger partial charge in [-0.2, -0.15) is 0 Å². The molecule has 0 bridgehead atoms. The van der Waals surface area contributed by atoms with Crippen molar-refractivity contribution in [3.63, 3.8) is 0 Å². The standard InChI is InChI=1S/C25H20ClN3O3/c1-15-8-6-13-20(16(15)2)28-23(30)17-9-7-10-18(14-17)27-22-21(26)24(31)29(25(22)32)19-11-4-3-5-12-19/h3-14,27H,1-2H3,(H,28,30). The SMILES string of the molecule is Cc1cccc(NC(=O)c2cccc(NC3=C(Cl)C(=O)N(c4ccccc4)C3=O)c2)c1C. The Balaban J connectivity index is 1.55. The van der Waals surface area contributed by atoms with Gasteiger partial charge in [-0.25, -0.2) is 4.90 Å².